The van der Waals surface area contributed by atoms with Crippen LogP contribution in [-0.4, -0.2) is 24.9 Å². The van der Waals surface area contributed by atoms with Crippen molar-refractivity contribution in [1.82, 2.24) is 5.32 Å². The molecule has 0 saturated carbocycles. The summed E-state index contributed by atoms with van der Waals surface area (Å²) in [7, 11) is 0. The first kappa shape index (κ1) is 21.2. The van der Waals surface area contributed by atoms with E-state index in [2.05, 4.69) is 10.6 Å². The van der Waals surface area contributed by atoms with Crippen LogP contribution in [0.4, 0.5) is 15.8 Å². The topological polar surface area (TPSA) is 61.4 Å². The van der Waals surface area contributed by atoms with E-state index in [4.69, 9.17) is 0 Å². The van der Waals surface area contributed by atoms with Gasteiger partial charge in [-0.15, -0.1) is 0 Å². The number of hydrogen-bond donors (Lipinski definition) is 2. The highest BCUT2D eigenvalue weighted by atomic mass is 19.1. The number of nitrogens with one attached hydrogen (secondary N) is 2. The van der Waals surface area contributed by atoms with Gasteiger partial charge in [-0.25, -0.2) is 4.39 Å². The standard InChI is InChI=1S/C22H26FN3O2/c1-4-26(5-2)21-12-8-18(14-20(21)23)15-24-22(28)13-9-17-6-10-19(11-7-17)25-16(3)27/h6-14H,4-5,15H2,1-3H3,(H,24,28)(H,25,27)/b13-9+. The first-order chi connectivity index (χ1) is 13.4. The predicted molar refractivity (Wildman–Crippen MR) is 112 cm³/mol. The number of hydrogen-bond acceptors (Lipinski definition) is 3. The van der Waals surface area contributed by atoms with Gasteiger partial charge in [-0.05, 0) is 55.3 Å². The number of benzene rings is 2. The summed E-state index contributed by atoms with van der Waals surface area (Å²) >= 11 is 0. The third-order valence-electron chi connectivity index (χ3n) is 4.24. The average Bonchev–Trinajstić information content (AvgIpc) is 2.67. The van der Waals surface area contributed by atoms with Gasteiger partial charge in [-0.3, -0.25) is 9.59 Å². The molecule has 0 aliphatic heterocycles. The first-order valence-corrected chi connectivity index (χ1v) is 9.29. The largest absolute Gasteiger partial charge is 0.370 e. The van der Waals surface area contributed by atoms with Crippen LogP contribution in [0.15, 0.2) is 48.5 Å². The van der Waals surface area contributed by atoms with Gasteiger partial charge < -0.3 is 15.5 Å². The van der Waals surface area contributed by atoms with E-state index in [1.165, 1.54) is 19.1 Å². The molecule has 0 unspecified atom stereocenters. The lowest BCUT2D eigenvalue weighted by Gasteiger charge is -2.21. The van der Waals surface area contributed by atoms with Crippen molar-refractivity contribution < 1.29 is 14.0 Å². The van der Waals surface area contributed by atoms with E-state index in [1.807, 2.05) is 24.8 Å². The molecule has 148 valence electrons. The fourth-order valence-electron chi connectivity index (χ4n) is 2.78. The van der Waals surface area contributed by atoms with E-state index >= 15 is 0 Å². The quantitative estimate of drug-likeness (QED) is 0.679. The molecular weight excluding hydrogens is 357 g/mol. The summed E-state index contributed by atoms with van der Waals surface area (Å²) in [6, 6.07) is 12.2. The molecule has 2 aromatic rings. The third-order valence-corrected chi connectivity index (χ3v) is 4.24. The molecule has 0 atom stereocenters. The smallest absolute Gasteiger partial charge is 0.244 e. The second-order valence-corrected chi connectivity index (χ2v) is 6.31. The molecule has 0 fully saturated rings. The molecule has 0 heterocycles. The maximum absolute atomic E-state index is 14.3. The minimum absolute atomic E-state index is 0.135. The normalized spacial score (nSPS) is 10.7. The van der Waals surface area contributed by atoms with Gasteiger partial charge in [0.25, 0.3) is 0 Å². The molecule has 0 aliphatic rings. The highest BCUT2D eigenvalue weighted by Crippen LogP contribution is 2.20. The maximum atomic E-state index is 14.3. The van der Waals surface area contributed by atoms with Crippen LogP contribution < -0.4 is 15.5 Å². The Morgan fingerprint density at radius 1 is 1.07 bits per heavy atom. The summed E-state index contributed by atoms with van der Waals surface area (Å²) in [4.78, 5) is 24.9. The number of anilines is 2. The van der Waals surface area contributed by atoms with Gasteiger partial charge in [0.1, 0.15) is 5.82 Å². The van der Waals surface area contributed by atoms with E-state index in [-0.39, 0.29) is 24.2 Å². The van der Waals surface area contributed by atoms with Crippen molar-refractivity contribution in [2.24, 2.45) is 0 Å². The molecule has 28 heavy (non-hydrogen) atoms. The fourth-order valence-corrected chi connectivity index (χ4v) is 2.78. The minimum Gasteiger partial charge on any atom is -0.370 e. The minimum atomic E-state index is -0.287. The van der Waals surface area contributed by atoms with E-state index in [0.29, 0.717) is 16.9 Å². The van der Waals surface area contributed by atoms with Crippen molar-refractivity contribution in [3.63, 3.8) is 0 Å². The zero-order chi connectivity index (χ0) is 20.5. The summed E-state index contributed by atoms with van der Waals surface area (Å²) in [5, 5.41) is 5.43. The van der Waals surface area contributed by atoms with Gasteiger partial charge in [-0.2, -0.15) is 0 Å². The Labute approximate surface area is 165 Å². The monoisotopic (exact) mass is 383 g/mol. The van der Waals surface area contributed by atoms with Gasteiger partial charge in [0.05, 0.1) is 5.69 Å². The van der Waals surface area contributed by atoms with Crippen LogP contribution in [0.3, 0.4) is 0 Å². The Balaban J connectivity index is 1.90. The lowest BCUT2D eigenvalue weighted by Crippen LogP contribution is -2.23. The molecule has 2 amide bonds. The fraction of sp³-hybridized carbons (Fsp3) is 0.273. The van der Waals surface area contributed by atoms with Crippen LogP contribution in [0.25, 0.3) is 6.08 Å². The highest BCUT2D eigenvalue weighted by molar-refractivity contribution is 5.92. The van der Waals surface area contributed by atoms with Crippen molar-refractivity contribution in [1.29, 1.82) is 0 Å². The lowest BCUT2D eigenvalue weighted by molar-refractivity contribution is -0.116. The second kappa shape index (κ2) is 10.3. The summed E-state index contributed by atoms with van der Waals surface area (Å²) < 4.78 is 14.3. The number of nitrogens with zero attached hydrogens (tertiary/aromatic N) is 1. The van der Waals surface area contributed by atoms with Crippen molar-refractivity contribution in [2.75, 3.05) is 23.3 Å². The van der Waals surface area contributed by atoms with E-state index < -0.39 is 0 Å². The molecule has 5 nitrogen and oxygen atoms in total. The molecule has 0 aliphatic carbocycles. The van der Waals surface area contributed by atoms with Gasteiger partial charge in [-0.1, -0.05) is 18.2 Å². The summed E-state index contributed by atoms with van der Waals surface area (Å²) in [5.74, 6) is -0.686. The van der Waals surface area contributed by atoms with E-state index in [9.17, 15) is 14.0 Å². The van der Waals surface area contributed by atoms with Gasteiger partial charge in [0.2, 0.25) is 11.8 Å². The molecule has 0 spiro atoms. The predicted octanol–water partition coefficient (Wildman–Crippen LogP) is 3.96. The number of carbonyl (C=O) groups is 2. The van der Waals surface area contributed by atoms with Crippen LogP contribution in [-0.2, 0) is 16.1 Å². The maximum Gasteiger partial charge on any atom is 0.244 e. The number of halogens is 1. The number of rotatable bonds is 8. The van der Waals surface area contributed by atoms with Crippen LogP contribution in [0.2, 0.25) is 0 Å². The molecule has 0 aromatic heterocycles. The molecule has 2 aromatic carbocycles. The number of amides is 2. The molecule has 0 bridgehead atoms. The lowest BCUT2D eigenvalue weighted by atomic mass is 10.1. The summed E-state index contributed by atoms with van der Waals surface area (Å²) in [6.07, 6.45) is 3.10. The Morgan fingerprint density at radius 2 is 1.75 bits per heavy atom. The zero-order valence-electron chi connectivity index (χ0n) is 16.5. The Bertz CT molecular complexity index is 843. The SMILES string of the molecule is CCN(CC)c1ccc(CNC(=O)/C=C/c2ccc(NC(C)=O)cc2)cc1F. The van der Waals surface area contributed by atoms with Crippen LogP contribution >= 0.6 is 0 Å². The van der Waals surface area contributed by atoms with Gasteiger partial charge in [0, 0.05) is 38.3 Å². The van der Waals surface area contributed by atoms with Crippen LogP contribution in [0.1, 0.15) is 31.9 Å². The van der Waals surface area contributed by atoms with Crippen LogP contribution in [0.5, 0.6) is 0 Å². The van der Waals surface area contributed by atoms with Gasteiger partial charge >= 0.3 is 0 Å². The van der Waals surface area contributed by atoms with Crippen LogP contribution in [0, 0.1) is 5.82 Å². The molecule has 2 N–H and O–H groups in total. The number of carbonyl (C=O) groups excluding carboxylic acids is 2. The van der Waals surface area contributed by atoms with E-state index in [0.717, 1.165) is 18.7 Å². The Morgan fingerprint density at radius 3 is 2.32 bits per heavy atom. The highest BCUT2D eigenvalue weighted by Gasteiger charge is 2.09. The van der Waals surface area contributed by atoms with Crippen molar-refractivity contribution in [3.8, 4) is 0 Å². The summed E-state index contributed by atoms with van der Waals surface area (Å²) in [6.45, 7) is 7.13. The van der Waals surface area contributed by atoms with Gasteiger partial charge in [0.15, 0.2) is 0 Å². The third kappa shape index (κ3) is 6.23. The Hall–Kier alpha value is -3.15. The van der Waals surface area contributed by atoms with Crippen molar-refractivity contribution >= 4 is 29.3 Å². The average molecular weight is 383 g/mol. The summed E-state index contributed by atoms with van der Waals surface area (Å²) in [5.41, 5.74) is 2.81. The molecule has 2 rings (SSSR count). The van der Waals surface area contributed by atoms with Crippen molar-refractivity contribution in [3.05, 3.63) is 65.5 Å². The Kier molecular flexibility index (Phi) is 7.75. The van der Waals surface area contributed by atoms with E-state index in [1.54, 1.807) is 36.4 Å². The van der Waals surface area contributed by atoms with Crippen molar-refractivity contribution in [2.45, 2.75) is 27.3 Å². The zero-order valence-corrected chi connectivity index (χ0v) is 16.5. The first-order valence-electron chi connectivity index (χ1n) is 9.29. The molecular formula is C22H26FN3O2. The molecule has 0 radical (unpaired) electrons. The molecule has 6 heteroatoms. The second-order valence-electron chi connectivity index (χ2n) is 6.31. The molecule has 0 saturated heterocycles.